The summed E-state index contributed by atoms with van der Waals surface area (Å²) in [7, 11) is 0. The summed E-state index contributed by atoms with van der Waals surface area (Å²) in [6.45, 7) is 3.61. The number of rotatable bonds is 5. The normalized spacial score (nSPS) is 14.4. The molecule has 1 aliphatic heterocycles. The van der Waals surface area contributed by atoms with Gasteiger partial charge < -0.3 is 20.3 Å². The quantitative estimate of drug-likeness (QED) is 0.658. The summed E-state index contributed by atoms with van der Waals surface area (Å²) < 4.78 is 40.7. The van der Waals surface area contributed by atoms with Gasteiger partial charge in [0, 0.05) is 49.7 Å². The number of nitrogens with zero attached hydrogens (tertiary/aromatic N) is 4. The summed E-state index contributed by atoms with van der Waals surface area (Å²) in [5.41, 5.74) is 2.19. The molecular formula is C20H19F3N6O. The van der Waals surface area contributed by atoms with E-state index in [0.29, 0.717) is 17.2 Å². The Hall–Kier alpha value is -3.40. The summed E-state index contributed by atoms with van der Waals surface area (Å²) in [5, 5.41) is 6.37. The Labute approximate surface area is 170 Å². The van der Waals surface area contributed by atoms with Gasteiger partial charge in [-0.05, 0) is 36.4 Å². The molecule has 3 aromatic rings. The molecular weight excluding hydrogens is 397 g/mol. The second-order valence-electron chi connectivity index (χ2n) is 6.63. The van der Waals surface area contributed by atoms with Crippen LogP contribution in [0.1, 0.15) is 0 Å². The van der Waals surface area contributed by atoms with E-state index in [2.05, 4.69) is 35.2 Å². The fraction of sp³-hybridized carbons (Fsp3) is 0.250. The predicted octanol–water partition coefficient (Wildman–Crippen LogP) is 3.59. The Kier molecular flexibility index (Phi) is 5.66. The van der Waals surface area contributed by atoms with E-state index in [9.17, 15) is 13.2 Å². The zero-order valence-electron chi connectivity index (χ0n) is 15.9. The molecule has 0 unspecified atom stereocenters. The first-order valence-electron chi connectivity index (χ1n) is 9.33. The zero-order chi connectivity index (χ0) is 21.0. The van der Waals surface area contributed by atoms with Crippen molar-refractivity contribution in [1.29, 1.82) is 0 Å². The minimum absolute atomic E-state index is 0.284. The highest BCUT2D eigenvalue weighted by Crippen LogP contribution is 2.26. The molecule has 0 aliphatic carbocycles. The first kappa shape index (κ1) is 19.9. The monoisotopic (exact) mass is 416 g/mol. The van der Waals surface area contributed by atoms with Gasteiger partial charge in [-0.25, -0.2) is 15.0 Å². The van der Waals surface area contributed by atoms with Gasteiger partial charge in [0.2, 0.25) is 0 Å². The van der Waals surface area contributed by atoms with Crippen LogP contribution in [-0.2, 0) is 0 Å². The maximum absolute atomic E-state index is 12.3. The number of hydrogen-bond acceptors (Lipinski definition) is 7. The molecule has 0 amide bonds. The number of aromatic nitrogens is 3. The van der Waals surface area contributed by atoms with Crippen molar-refractivity contribution in [2.75, 3.05) is 36.4 Å². The van der Waals surface area contributed by atoms with Crippen LogP contribution < -0.4 is 20.3 Å². The molecule has 2 aromatic heterocycles. The molecule has 0 spiro atoms. The molecule has 3 heterocycles. The Bertz CT molecular complexity index is 990. The molecule has 1 aromatic carbocycles. The third-order valence-electron chi connectivity index (χ3n) is 4.51. The van der Waals surface area contributed by atoms with E-state index < -0.39 is 6.36 Å². The molecule has 0 atom stereocenters. The third-order valence-corrected chi connectivity index (χ3v) is 4.51. The van der Waals surface area contributed by atoms with E-state index in [1.54, 1.807) is 12.3 Å². The number of nitrogens with one attached hydrogen (secondary N) is 2. The molecule has 0 radical (unpaired) electrons. The molecule has 0 saturated carbocycles. The first-order valence-corrected chi connectivity index (χ1v) is 9.33. The summed E-state index contributed by atoms with van der Waals surface area (Å²) >= 11 is 0. The predicted molar refractivity (Wildman–Crippen MR) is 107 cm³/mol. The van der Waals surface area contributed by atoms with Crippen molar-refractivity contribution in [3.05, 3.63) is 55.0 Å². The SMILES string of the molecule is FC(F)(F)Oc1ccc(Nc2cc(-c3ccnc(N4CCNCC4)c3)ncn2)cc1. The molecule has 1 aliphatic rings. The molecule has 10 heteroatoms. The summed E-state index contributed by atoms with van der Waals surface area (Å²) in [6.07, 6.45) is -1.53. The smallest absolute Gasteiger partial charge is 0.406 e. The minimum atomic E-state index is -4.72. The van der Waals surface area contributed by atoms with Crippen LogP contribution in [0.15, 0.2) is 55.0 Å². The molecule has 0 bridgehead atoms. The van der Waals surface area contributed by atoms with Crippen molar-refractivity contribution < 1.29 is 17.9 Å². The Morgan fingerprint density at radius 3 is 2.47 bits per heavy atom. The van der Waals surface area contributed by atoms with E-state index in [1.165, 1.54) is 30.6 Å². The second kappa shape index (κ2) is 8.54. The first-order chi connectivity index (χ1) is 14.5. The Morgan fingerprint density at radius 1 is 0.967 bits per heavy atom. The lowest BCUT2D eigenvalue weighted by atomic mass is 10.1. The van der Waals surface area contributed by atoms with Crippen LogP contribution in [0.4, 0.5) is 30.5 Å². The van der Waals surface area contributed by atoms with Gasteiger partial charge in [0.1, 0.15) is 23.7 Å². The fourth-order valence-corrected chi connectivity index (χ4v) is 3.12. The van der Waals surface area contributed by atoms with Crippen LogP contribution in [0.5, 0.6) is 5.75 Å². The van der Waals surface area contributed by atoms with Crippen molar-refractivity contribution in [1.82, 2.24) is 20.3 Å². The molecule has 1 fully saturated rings. The van der Waals surface area contributed by atoms with E-state index in [4.69, 9.17) is 0 Å². The summed E-state index contributed by atoms with van der Waals surface area (Å²) in [5.74, 6) is 1.13. The third kappa shape index (κ3) is 5.15. The number of ether oxygens (including phenoxy) is 1. The molecule has 1 saturated heterocycles. The van der Waals surface area contributed by atoms with E-state index >= 15 is 0 Å². The van der Waals surface area contributed by atoms with Gasteiger partial charge in [0.25, 0.3) is 0 Å². The lowest BCUT2D eigenvalue weighted by Gasteiger charge is -2.28. The molecule has 7 nitrogen and oxygen atoms in total. The lowest BCUT2D eigenvalue weighted by Crippen LogP contribution is -2.43. The van der Waals surface area contributed by atoms with Gasteiger partial charge in [-0.15, -0.1) is 13.2 Å². The molecule has 4 rings (SSSR count). The molecule has 30 heavy (non-hydrogen) atoms. The number of anilines is 3. The Morgan fingerprint density at radius 2 is 1.73 bits per heavy atom. The largest absolute Gasteiger partial charge is 0.573 e. The maximum Gasteiger partial charge on any atom is 0.573 e. The highest BCUT2D eigenvalue weighted by Gasteiger charge is 2.30. The second-order valence-corrected chi connectivity index (χ2v) is 6.63. The van der Waals surface area contributed by atoms with Crippen LogP contribution in [0, 0.1) is 0 Å². The number of piperazine rings is 1. The van der Waals surface area contributed by atoms with Gasteiger partial charge >= 0.3 is 6.36 Å². The van der Waals surface area contributed by atoms with Crippen LogP contribution in [0.3, 0.4) is 0 Å². The number of pyridine rings is 1. The average molecular weight is 416 g/mol. The maximum atomic E-state index is 12.3. The Balaban J connectivity index is 1.49. The molecule has 156 valence electrons. The highest BCUT2D eigenvalue weighted by atomic mass is 19.4. The fourth-order valence-electron chi connectivity index (χ4n) is 3.12. The van der Waals surface area contributed by atoms with Crippen molar-refractivity contribution in [2.45, 2.75) is 6.36 Å². The van der Waals surface area contributed by atoms with E-state index in [-0.39, 0.29) is 5.75 Å². The summed E-state index contributed by atoms with van der Waals surface area (Å²) in [6, 6.07) is 11.1. The number of halogens is 3. The van der Waals surface area contributed by atoms with Crippen molar-refractivity contribution in [2.24, 2.45) is 0 Å². The zero-order valence-corrected chi connectivity index (χ0v) is 15.9. The van der Waals surface area contributed by atoms with Crippen molar-refractivity contribution in [3.8, 4) is 17.0 Å². The number of benzene rings is 1. The topological polar surface area (TPSA) is 75.2 Å². The average Bonchev–Trinajstić information content (AvgIpc) is 2.75. The highest BCUT2D eigenvalue weighted by molar-refractivity contribution is 5.67. The van der Waals surface area contributed by atoms with Gasteiger partial charge in [0.15, 0.2) is 0 Å². The lowest BCUT2D eigenvalue weighted by molar-refractivity contribution is -0.274. The van der Waals surface area contributed by atoms with Crippen LogP contribution in [-0.4, -0.2) is 47.5 Å². The van der Waals surface area contributed by atoms with Crippen LogP contribution in [0.25, 0.3) is 11.3 Å². The minimum Gasteiger partial charge on any atom is -0.406 e. The van der Waals surface area contributed by atoms with Crippen LogP contribution >= 0.6 is 0 Å². The number of hydrogen-bond donors (Lipinski definition) is 2. The number of alkyl halides is 3. The molecule has 2 N–H and O–H groups in total. The summed E-state index contributed by atoms with van der Waals surface area (Å²) in [4.78, 5) is 15.2. The van der Waals surface area contributed by atoms with Crippen molar-refractivity contribution in [3.63, 3.8) is 0 Å². The van der Waals surface area contributed by atoms with Gasteiger partial charge in [-0.1, -0.05) is 0 Å². The van der Waals surface area contributed by atoms with Crippen LogP contribution in [0.2, 0.25) is 0 Å². The van der Waals surface area contributed by atoms with Gasteiger partial charge in [-0.3, -0.25) is 0 Å². The van der Waals surface area contributed by atoms with E-state index in [0.717, 1.165) is 37.6 Å². The van der Waals surface area contributed by atoms with E-state index in [1.807, 2.05) is 12.1 Å². The van der Waals surface area contributed by atoms with Gasteiger partial charge in [0.05, 0.1) is 5.69 Å². The van der Waals surface area contributed by atoms with Crippen molar-refractivity contribution >= 4 is 17.3 Å². The van der Waals surface area contributed by atoms with Gasteiger partial charge in [-0.2, -0.15) is 0 Å². The standard InChI is InChI=1S/C20H19F3N6O/c21-20(22,23)30-16-3-1-15(2-4-16)28-18-12-17(26-13-27-18)14-5-6-25-19(11-14)29-9-7-24-8-10-29/h1-6,11-13,24H,7-10H2,(H,26,27,28).